The molecule has 0 radical (unpaired) electrons. The van der Waals surface area contributed by atoms with Gasteiger partial charge in [0.2, 0.25) is 5.91 Å². The first-order valence-corrected chi connectivity index (χ1v) is 9.32. The highest BCUT2D eigenvalue weighted by Crippen LogP contribution is 2.23. The molecule has 0 unspecified atom stereocenters. The van der Waals surface area contributed by atoms with Gasteiger partial charge in [0.1, 0.15) is 5.54 Å². The molecule has 1 amide bonds. The second-order valence-electron chi connectivity index (χ2n) is 5.56. The lowest BCUT2D eigenvalue weighted by Crippen LogP contribution is -2.47. The summed E-state index contributed by atoms with van der Waals surface area (Å²) in [6.45, 7) is 6.69. The molecule has 0 aliphatic rings. The van der Waals surface area contributed by atoms with Crippen molar-refractivity contribution in [2.75, 3.05) is 5.75 Å². The van der Waals surface area contributed by atoms with Gasteiger partial charge in [-0.15, -0.1) is 16.6 Å². The number of amides is 1. The Kier molecular flexibility index (Phi) is 6.59. The molecule has 132 valence electrons. The zero-order chi connectivity index (χ0) is 18.3. The van der Waals surface area contributed by atoms with E-state index in [1.54, 1.807) is 12.4 Å². The second kappa shape index (κ2) is 8.67. The smallest absolute Gasteiger partial charge is 0.231 e. The third kappa shape index (κ3) is 4.40. The Labute approximate surface area is 152 Å². The van der Waals surface area contributed by atoms with Crippen LogP contribution in [0.4, 0.5) is 0 Å². The Bertz CT molecular complexity index is 747. The molecule has 7 heteroatoms. The van der Waals surface area contributed by atoms with E-state index >= 15 is 0 Å². The van der Waals surface area contributed by atoms with E-state index in [4.69, 9.17) is 6.42 Å². The van der Waals surface area contributed by atoms with E-state index in [-0.39, 0.29) is 11.7 Å². The number of nitrogens with one attached hydrogen (secondary N) is 1. The van der Waals surface area contributed by atoms with E-state index in [1.165, 1.54) is 11.8 Å². The SMILES string of the molecule is C#CC(CC)(CC)NC(=O)CSc1nnc(-c2ccncc2)n1CC. The van der Waals surface area contributed by atoms with E-state index in [0.29, 0.717) is 24.5 Å². The Balaban J connectivity index is 2.08. The third-order valence-electron chi connectivity index (χ3n) is 4.17. The average Bonchev–Trinajstić information content (AvgIpc) is 3.08. The minimum Gasteiger partial charge on any atom is -0.339 e. The Morgan fingerprint density at radius 3 is 2.52 bits per heavy atom. The molecule has 0 bridgehead atoms. The number of pyridine rings is 1. The van der Waals surface area contributed by atoms with Gasteiger partial charge in [-0.2, -0.15) is 0 Å². The molecule has 0 saturated heterocycles. The summed E-state index contributed by atoms with van der Waals surface area (Å²) >= 11 is 1.36. The maximum Gasteiger partial charge on any atom is 0.231 e. The third-order valence-corrected chi connectivity index (χ3v) is 5.13. The molecule has 2 aromatic heterocycles. The van der Waals surface area contributed by atoms with Crippen LogP contribution in [0.25, 0.3) is 11.4 Å². The number of hydrogen-bond donors (Lipinski definition) is 1. The summed E-state index contributed by atoms with van der Waals surface area (Å²) in [5.74, 6) is 3.64. The summed E-state index contributed by atoms with van der Waals surface area (Å²) in [5.41, 5.74) is 0.377. The van der Waals surface area contributed by atoms with Crippen molar-refractivity contribution in [2.24, 2.45) is 0 Å². The Morgan fingerprint density at radius 1 is 1.28 bits per heavy atom. The van der Waals surface area contributed by atoms with Gasteiger partial charge in [-0.05, 0) is 31.9 Å². The van der Waals surface area contributed by atoms with Gasteiger partial charge in [0.15, 0.2) is 11.0 Å². The van der Waals surface area contributed by atoms with Gasteiger partial charge < -0.3 is 9.88 Å². The fourth-order valence-corrected chi connectivity index (χ4v) is 3.30. The van der Waals surface area contributed by atoms with Crippen LogP contribution in [0.5, 0.6) is 0 Å². The summed E-state index contributed by atoms with van der Waals surface area (Å²) in [7, 11) is 0. The first kappa shape index (κ1) is 19.0. The standard InChI is InChI=1S/C18H23N5OS/c1-5-18(6-2,7-3)20-15(24)13-25-17-22-21-16(23(17)8-4)14-9-11-19-12-10-14/h1,9-12H,6-8,13H2,2-4H3,(H,20,24). The van der Waals surface area contributed by atoms with Crippen molar-refractivity contribution in [3.8, 4) is 23.7 Å². The van der Waals surface area contributed by atoms with E-state index in [9.17, 15) is 4.79 Å². The molecular weight excluding hydrogens is 334 g/mol. The molecular formula is C18H23N5OS. The fraction of sp³-hybridized carbons (Fsp3) is 0.444. The summed E-state index contributed by atoms with van der Waals surface area (Å²) in [6.07, 6.45) is 10.4. The molecule has 0 aliphatic carbocycles. The molecule has 0 fully saturated rings. The summed E-state index contributed by atoms with van der Waals surface area (Å²) in [4.78, 5) is 16.3. The number of rotatable bonds is 8. The van der Waals surface area contributed by atoms with Gasteiger partial charge in [-0.1, -0.05) is 31.5 Å². The van der Waals surface area contributed by atoms with E-state index < -0.39 is 5.54 Å². The maximum atomic E-state index is 12.3. The zero-order valence-corrected chi connectivity index (χ0v) is 15.6. The van der Waals surface area contributed by atoms with Gasteiger partial charge in [0.05, 0.1) is 5.75 Å². The monoisotopic (exact) mass is 357 g/mol. The van der Waals surface area contributed by atoms with Crippen molar-refractivity contribution in [3.63, 3.8) is 0 Å². The van der Waals surface area contributed by atoms with Crippen LogP contribution in [0.2, 0.25) is 0 Å². The van der Waals surface area contributed by atoms with Crippen molar-refractivity contribution < 1.29 is 4.79 Å². The number of aromatic nitrogens is 4. The van der Waals surface area contributed by atoms with Crippen molar-refractivity contribution in [1.29, 1.82) is 0 Å². The normalized spacial score (nSPS) is 11.1. The van der Waals surface area contributed by atoms with Gasteiger partial charge >= 0.3 is 0 Å². The van der Waals surface area contributed by atoms with E-state index in [1.807, 2.05) is 37.5 Å². The lowest BCUT2D eigenvalue weighted by molar-refractivity contribution is -0.119. The van der Waals surface area contributed by atoms with Gasteiger partial charge in [-0.3, -0.25) is 9.78 Å². The van der Waals surface area contributed by atoms with Crippen LogP contribution >= 0.6 is 11.8 Å². The zero-order valence-electron chi connectivity index (χ0n) is 14.8. The minimum atomic E-state index is -0.571. The largest absolute Gasteiger partial charge is 0.339 e. The molecule has 0 spiro atoms. The summed E-state index contributed by atoms with van der Waals surface area (Å²) in [6, 6.07) is 3.78. The van der Waals surface area contributed by atoms with Gasteiger partial charge in [0.25, 0.3) is 0 Å². The molecule has 2 rings (SSSR count). The van der Waals surface area contributed by atoms with Crippen LogP contribution in [-0.4, -0.2) is 36.9 Å². The molecule has 25 heavy (non-hydrogen) atoms. The lowest BCUT2D eigenvalue weighted by atomic mass is 9.94. The highest BCUT2D eigenvalue weighted by molar-refractivity contribution is 7.99. The highest BCUT2D eigenvalue weighted by Gasteiger charge is 2.25. The quantitative estimate of drug-likeness (QED) is 0.581. The molecule has 2 aromatic rings. The van der Waals surface area contributed by atoms with Crippen molar-refractivity contribution in [3.05, 3.63) is 24.5 Å². The minimum absolute atomic E-state index is 0.0947. The summed E-state index contributed by atoms with van der Waals surface area (Å²) in [5, 5.41) is 12.2. The van der Waals surface area contributed by atoms with Crippen molar-refractivity contribution in [2.45, 2.75) is 50.9 Å². The Morgan fingerprint density at radius 2 is 1.96 bits per heavy atom. The number of nitrogens with zero attached hydrogens (tertiary/aromatic N) is 4. The number of thioether (sulfide) groups is 1. The summed E-state index contributed by atoms with van der Waals surface area (Å²) < 4.78 is 1.99. The molecule has 0 aromatic carbocycles. The Hall–Kier alpha value is -2.33. The van der Waals surface area contributed by atoms with Gasteiger partial charge in [-0.25, -0.2) is 0 Å². The van der Waals surface area contributed by atoms with E-state index in [0.717, 1.165) is 11.4 Å². The first-order valence-electron chi connectivity index (χ1n) is 8.34. The van der Waals surface area contributed by atoms with Crippen LogP contribution in [0.15, 0.2) is 29.7 Å². The van der Waals surface area contributed by atoms with Crippen LogP contribution in [0.3, 0.4) is 0 Å². The number of hydrogen-bond acceptors (Lipinski definition) is 5. The van der Waals surface area contributed by atoms with Crippen LogP contribution in [0.1, 0.15) is 33.6 Å². The highest BCUT2D eigenvalue weighted by atomic mass is 32.2. The van der Waals surface area contributed by atoms with Crippen LogP contribution in [0, 0.1) is 12.3 Å². The first-order chi connectivity index (χ1) is 12.1. The van der Waals surface area contributed by atoms with Crippen LogP contribution in [-0.2, 0) is 11.3 Å². The second-order valence-corrected chi connectivity index (χ2v) is 6.50. The predicted octanol–water partition coefficient (Wildman–Crippen LogP) is 2.76. The number of carbonyl (C=O) groups excluding carboxylic acids is 1. The topological polar surface area (TPSA) is 72.7 Å². The van der Waals surface area contributed by atoms with E-state index in [2.05, 4.69) is 26.4 Å². The molecule has 2 heterocycles. The number of terminal acetylenes is 1. The molecule has 0 saturated carbocycles. The van der Waals surface area contributed by atoms with Crippen LogP contribution < -0.4 is 5.32 Å². The van der Waals surface area contributed by atoms with Gasteiger partial charge in [0, 0.05) is 24.5 Å². The number of carbonyl (C=O) groups is 1. The molecule has 0 atom stereocenters. The molecule has 0 aliphatic heterocycles. The lowest BCUT2D eigenvalue weighted by Gasteiger charge is -2.26. The fourth-order valence-electron chi connectivity index (χ4n) is 2.50. The van der Waals surface area contributed by atoms with Crippen molar-refractivity contribution in [1.82, 2.24) is 25.1 Å². The molecule has 1 N–H and O–H groups in total. The predicted molar refractivity (Wildman–Crippen MR) is 99.9 cm³/mol. The maximum absolute atomic E-state index is 12.3. The average molecular weight is 357 g/mol. The van der Waals surface area contributed by atoms with Crippen molar-refractivity contribution >= 4 is 17.7 Å². The molecule has 6 nitrogen and oxygen atoms in total.